The second kappa shape index (κ2) is 10.0. The molecule has 0 unspecified atom stereocenters. The molecule has 0 fully saturated rings. The van der Waals surface area contributed by atoms with Crippen molar-refractivity contribution in [1.29, 1.82) is 0 Å². The third kappa shape index (κ3) is 7.13. The Labute approximate surface area is 152 Å². The maximum absolute atomic E-state index is 12.1. The molecule has 0 aliphatic carbocycles. The number of H-pyrrole nitrogens is 1. The topological polar surface area (TPSA) is 74.8 Å². The average molecular weight is 359 g/mol. The largest absolute Gasteiger partial charge is 0.353 e. The number of carbonyl (C=O) groups excluding carboxylic acids is 1. The average Bonchev–Trinajstić information content (AvgIpc) is 2.59. The number of hydrogen-bond donors (Lipinski definition) is 2. The Hall–Kier alpha value is -2.08. The summed E-state index contributed by atoms with van der Waals surface area (Å²) in [5.74, 6) is 0.197. The van der Waals surface area contributed by atoms with Crippen LogP contribution in [-0.4, -0.2) is 27.7 Å². The Morgan fingerprint density at radius 3 is 2.76 bits per heavy atom. The van der Waals surface area contributed by atoms with Crippen LogP contribution in [0.2, 0.25) is 0 Å². The molecule has 2 rings (SSSR count). The summed E-state index contributed by atoms with van der Waals surface area (Å²) in [7, 11) is 0. The fourth-order valence-corrected chi connectivity index (χ4v) is 3.19. The lowest BCUT2D eigenvalue weighted by atomic mass is 10.1. The van der Waals surface area contributed by atoms with Crippen molar-refractivity contribution in [2.24, 2.45) is 0 Å². The van der Waals surface area contributed by atoms with Crippen molar-refractivity contribution in [2.75, 3.05) is 5.75 Å². The highest BCUT2D eigenvalue weighted by Gasteiger charge is 2.10. The summed E-state index contributed by atoms with van der Waals surface area (Å²) in [6.45, 7) is 4.05. The number of benzene rings is 1. The number of amides is 1. The first kappa shape index (κ1) is 19.2. The van der Waals surface area contributed by atoms with Gasteiger partial charge in [-0.05, 0) is 31.7 Å². The molecule has 0 radical (unpaired) electrons. The van der Waals surface area contributed by atoms with Crippen LogP contribution in [0.3, 0.4) is 0 Å². The van der Waals surface area contributed by atoms with Gasteiger partial charge in [-0.25, -0.2) is 4.98 Å². The Kier molecular flexibility index (Phi) is 7.73. The Morgan fingerprint density at radius 2 is 2.04 bits per heavy atom. The maximum Gasteiger partial charge on any atom is 0.251 e. The van der Waals surface area contributed by atoms with E-state index in [4.69, 9.17) is 0 Å². The summed E-state index contributed by atoms with van der Waals surface area (Å²) < 4.78 is 0. The van der Waals surface area contributed by atoms with Crippen LogP contribution in [0.5, 0.6) is 0 Å². The molecule has 2 aromatic rings. The van der Waals surface area contributed by atoms with Crippen LogP contribution in [0, 0.1) is 0 Å². The zero-order valence-electron chi connectivity index (χ0n) is 14.7. The lowest BCUT2D eigenvalue weighted by Crippen LogP contribution is -2.34. The van der Waals surface area contributed by atoms with E-state index in [0.717, 1.165) is 31.4 Å². The van der Waals surface area contributed by atoms with Crippen molar-refractivity contribution >= 4 is 17.7 Å². The fourth-order valence-electron chi connectivity index (χ4n) is 2.49. The van der Waals surface area contributed by atoms with Crippen LogP contribution in [-0.2, 0) is 17.6 Å². The van der Waals surface area contributed by atoms with Gasteiger partial charge in [0.15, 0.2) is 5.16 Å². The van der Waals surface area contributed by atoms with Gasteiger partial charge in [0.1, 0.15) is 0 Å². The van der Waals surface area contributed by atoms with Crippen molar-refractivity contribution in [3.05, 3.63) is 58.0 Å². The van der Waals surface area contributed by atoms with E-state index in [0.29, 0.717) is 5.16 Å². The van der Waals surface area contributed by atoms with E-state index in [1.54, 1.807) is 0 Å². The molecular weight excluding hydrogens is 334 g/mol. The first-order valence-electron chi connectivity index (χ1n) is 8.63. The molecule has 1 aromatic carbocycles. The fraction of sp³-hybridized carbons (Fsp3) is 0.421. The van der Waals surface area contributed by atoms with Crippen LogP contribution in [0.4, 0.5) is 0 Å². The summed E-state index contributed by atoms with van der Waals surface area (Å²) in [5.41, 5.74) is 1.87. The SMILES string of the molecule is CCCc1cc(=O)[nH]c(SCC(=O)N[C@H](C)CCc2ccccc2)n1. The van der Waals surface area contributed by atoms with E-state index in [1.165, 1.54) is 23.4 Å². The van der Waals surface area contributed by atoms with Gasteiger partial charge in [0.25, 0.3) is 5.56 Å². The van der Waals surface area contributed by atoms with Gasteiger partial charge in [-0.3, -0.25) is 9.59 Å². The Balaban J connectivity index is 1.77. The van der Waals surface area contributed by atoms with Gasteiger partial charge in [-0.1, -0.05) is 55.4 Å². The minimum Gasteiger partial charge on any atom is -0.353 e. The number of aromatic nitrogens is 2. The number of aromatic amines is 1. The van der Waals surface area contributed by atoms with Gasteiger partial charge in [-0.2, -0.15) is 0 Å². The van der Waals surface area contributed by atoms with Crippen molar-refractivity contribution in [2.45, 2.75) is 50.7 Å². The standard InChI is InChI=1S/C19H25N3O2S/c1-3-7-16-12-17(23)22-19(21-16)25-13-18(24)20-14(2)10-11-15-8-5-4-6-9-15/h4-6,8-9,12,14H,3,7,10-11,13H2,1-2H3,(H,20,24)(H,21,22,23)/t14-/m1/s1. The van der Waals surface area contributed by atoms with Gasteiger partial charge >= 0.3 is 0 Å². The quantitative estimate of drug-likeness (QED) is 0.533. The third-order valence-corrected chi connectivity index (χ3v) is 4.61. The first-order valence-corrected chi connectivity index (χ1v) is 9.61. The van der Waals surface area contributed by atoms with Gasteiger partial charge in [0.05, 0.1) is 5.75 Å². The smallest absolute Gasteiger partial charge is 0.251 e. The summed E-state index contributed by atoms with van der Waals surface area (Å²) >= 11 is 1.26. The summed E-state index contributed by atoms with van der Waals surface area (Å²) in [4.78, 5) is 30.8. The molecule has 0 saturated carbocycles. The van der Waals surface area contributed by atoms with E-state index >= 15 is 0 Å². The minimum absolute atomic E-state index is 0.0471. The molecule has 1 heterocycles. The number of hydrogen-bond acceptors (Lipinski definition) is 4. The molecular formula is C19H25N3O2S. The van der Waals surface area contributed by atoms with Crippen LogP contribution in [0.15, 0.2) is 46.3 Å². The van der Waals surface area contributed by atoms with Crippen LogP contribution in [0.1, 0.15) is 37.9 Å². The number of carbonyl (C=O) groups is 1. The molecule has 25 heavy (non-hydrogen) atoms. The molecule has 0 saturated heterocycles. The maximum atomic E-state index is 12.1. The van der Waals surface area contributed by atoms with Crippen molar-refractivity contribution in [1.82, 2.24) is 15.3 Å². The molecule has 0 spiro atoms. The Morgan fingerprint density at radius 1 is 1.28 bits per heavy atom. The van der Waals surface area contributed by atoms with E-state index in [2.05, 4.69) is 27.4 Å². The van der Waals surface area contributed by atoms with E-state index in [1.807, 2.05) is 32.0 Å². The highest BCUT2D eigenvalue weighted by molar-refractivity contribution is 7.99. The molecule has 134 valence electrons. The van der Waals surface area contributed by atoms with Gasteiger partial charge in [0.2, 0.25) is 5.91 Å². The molecule has 1 aromatic heterocycles. The van der Waals surface area contributed by atoms with Crippen LogP contribution in [0.25, 0.3) is 0 Å². The number of nitrogens with one attached hydrogen (secondary N) is 2. The number of nitrogens with zero attached hydrogens (tertiary/aromatic N) is 1. The lowest BCUT2D eigenvalue weighted by Gasteiger charge is -2.13. The van der Waals surface area contributed by atoms with Crippen molar-refractivity contribution < 1.29 is 4.79 Å². The lowest BCUT2D eigenvalue weighted by molar-refractivity contribution is -0.119. The van der Waals surface area contributed by atoms with Crippen LogP contribution >= 0.6 is 11.8 Å². The van der Waals surface area contributed by atoms with Gasteiger partial charge in [0, 0.05) is 17.8 Å². The number of thioether (sulfide) groups is 1. The van der Waals surface area contributed by atoms with Crippen LogP contribution < -0.4 is 10.9 Å². The van der Waals surface area contributed by atoms with Crippen molar-refractivity contribution in [3.63, 3.8) is 0 Å². The number of rotatable bonds is 9. The molecule has 0 aliphatic heterocycles. The molecule has 6 heteroatoms. The summed E-state index contributed by atoms with van der Waals surface area (Å²) in [6, 6.07) is 11.8. The predicted octanol–water partition coefficient (Wildman–Crippen LogP) is 2.95. The highest BCUT2D eigenvalue weighted by Crippen LogP contribution is 2.12. The zero-order chi connectivity index (χ0) is 18.1. The van der Waals surface area contributed by atoms with E-state index in [9.17, 15) is 9.59 Å². The monoisotopic (exact) mass is 359 g/mol. The molecule has 0 bridgehead atoms. The first-order chi connectivity index (χ1) is 12.1. The summed E-state index contributed by atoms with van der Waals surface area (Å²) in [5, 5.41) is 3.50. The van der Waals surface area contributed by atoms with E-state index < -0.39 is 0 Å². The highest BCUT2D eigenvalue weighted by atomic mass is 32.2. The van der Waals surface area contributed by atoms with Gasteiger partial charge in [-0.15, -0.1) is 0 Å². The molecule has 5 nitrogen and oxygen atoms in total. The normalized spacial score (nSPS) is 11.9. The summed E-state index contributed by atoms with van der Waals surface area (Å²) in [6.07, 6.45) is 3.52. The number of aryl methyl sites for hydroxylation is 2. The molecule has 0 aliphatic rings. The second-order valence-electron chi connectivity index (χ2n) is 6.07. The molecule has 2 N–H and O–H groups in total. The van der Waals surface area contributed by atoms with Crippen molar-refractivity contribution in [3.8, 4) is 0 Å². The third-order valence-electron chi connectivity index (χ3n) is 3.74. The molecule has 1 atom stereocenters. The molecule has 1 amide bonds. The van der Waals surface area contributed by atoms with E-state index in [-0.39, 0.29) is 23.3 Å². The second-order valence-corrected chi connectivity index (χ2v) is 7.04. The predicted molar refractivity (Wildman–Crippen MR) is 102 cm³/mol. The Bertz CT molecular complexity index is 731. The van der Waals surface area contributed by atoms with Gasteiger partial charge < -0.3 is 10.3 Å². The zero-order valence-corrected chi connectivity index (χ0v) is 15.6. The minimum atomic E-state index is -0.169.